The van der Waals surface area contributed by atoms with E-state index in [1.54, 1.807) is 30.6 Å². The first kappa shape index (κ1) is 10.1. The van der Waals surface area contributed by atoms with E-state index >= 15 is 0 Å². The summed E-state index contributed by atoms with van der Waals surface area (Å²) in [6.45, 7) is 0. The maximum absolute atomic E-state index is 11.8. The van der Waals surface area contributed by atoms with Crippen LogP contribution in [0.1, 0.15) is 10.4 Å². The van der Waals surface area contributed by atoms with E-state index in [-0.39, 0.29) is 5.91 Å². The number of nitrogens with zero attached hydrogens (tertiary/aromatic N) is 2. The molecule has 5 nitrogen and oxygen atoms in total. The Hall–Kier alpha value is -2.43. The normalized spacial score (nSPS) is 9.75. The Morgan fingerprint density at radius 3 is 2.62 bits per heavy atom. The first-order valence-electron chi connectivity index (χ1n) is 4.68. The number of hydrogen-bond donors (Lipinski definition) is 2. The molecule has 3 N–H and O–H groups in total. The van der Waals surface area contributed by atoms with Crippen molar-refractivity contribution in [2.24, 2.45) is 0 Å². The molecule has 0 radical (unpaired) electrons. The zero-order chi connectivity index (χ0) is 11.4. The Bertz CT molecular complexity index is 498. The van der Waals surface area contributed by atoms with Crippen molar-refractivity contribution < 1.29 is 4.79 Å². The van der Waals surface area contributed by atoms with Crippen molar-refractivity contribution in [1.29, 1.82) is 0 Å². The molecule has 0 aromatic carbocycles. The summed E-state index contributed by atoms with van der Waals surface area (Å²) >= 11 is 0. The van der Waals surface area contributed by atoms with Crippen molar-refractivity contribution in [2.75, 3.05) is 11.1 Å². The highest BCUT2D eigenvalue weighted by Crippen LogP contribution is 2.08. The predicted octanol–water partition coefficient (Wildman–Crippen LogP) is 1.31. The molecule has 2 heterocycles. The third kappa shape index (κ3) is 2.33. The number of nitrogen functional groups attached to an aromatic ring is 1. The molecule has 0 atom stereocenters. The lowest BCUT2D eigenvalue weighted by molar-refractivity contribution is 0.102. The Morgan fingerprint density at radius 2 is 1.94 bits per heavy atom. The first-order chi connectivity index (χ1) is 7.75. The number of carbonyl (C=O) groups excluding carboxylic acids is 1. The summed E-state index contributed by atoms with van der Waals surface area (Å²) in [5, 5.41) is 2.72. The lowest BCUT2D eigenvalue weighted by atomic mass is 10.2. The average molecular weight is 214 g/mol. The van der Waals surface area contributed by atoms with E-state index in [4.69, 9.17) is 5.73 Å². The Balaban J connectivity index is 2.15. The quantitative estimate of drug-likeness (QED) is 0.789. The van der Waals surface area contributed by atoms with Crippen LogP contribution in [0.15, 0.2) is 42.9 Å². The molecular formula is C11H10N4O. The minimum atomic E-state index is -0.222. The van der Waals surface area contributed by atoms with Crippen LogP contribution in [0.2, 0.25) is 0 Å². The van der Waals surface area contributed by atoms with E-state index in [9.17, 15) is 4.79 Å². The van der Waals surface area contributed by atoms with Crippen LogP contribution < -0.4 is 11.1 Å². The van der Waals surface area contributed by atoms with Gasteiger partial charge in [0.05, 0.1) is 0 Å². The summed E-state index contributed by atoms with van der Waals surface area (Å²) in [4.78, 5) is 19.4. The molecule has 2 aromatic rings. The number of nitrogens with one attached hydrogen (secondary N) is 1. The molecule has 16 heavy (non-hydrogen) atoms. The van der Waals surface area contributed by atoms with E-state index < -0.39 is 0 Å². The standard InChI is InChI=1S/C11H10N4O/c12-10-7-8(1-6-14-10)11(16)15-9-2-4-13-5-3-9/h1-7H,(H2,12,14)(H,13,15,16). The number of carbonyl (C=O) groups is 1. The minimum Gasteiger partial charge on any atom is -0.384 e. The summed E-state index contributed by atoms with van der Waals surface area (Å²) in [6, 6.07) is 6.55. The highest BCUT2D eigenvalue weighted by molar-refractivity contribution is 6.04. The van der Waals surface area contributed by atoms with Crippen molar-refractivity contribution >= 4 is 17.4 Å². The molecule has 0 bridgehead atoms. The maximum Gasteiger partial charge on any atom is 0.255 e. The van der Waals surface area contributed by atoms with Crippen molar-refractivity contribution in [3.63, 3.8) is 0 Å². The average Bonchev–Trinajstić information content (AvgIpc) is 2.30. The predicted molar refractivity (Wildman–Crippen MR) is 60.8 cm³/mol. The van der Waals surface area contributed by atoms with Gasteiger partial charge >= 0.3 is 0 Å². The topological polar surface area (TPSA) is 80.9 Å². The van der Waals surface area contributed by atoms with Gasteiger partial charge in [-0.1, -0.05) is 0 Å². The number of pyridine rings is 2. The second-order valence-electron chi connectivity index (χ2n) is 3.16. The molecular weight excluding hydrogens is 204 g/mol. The summed E-state index contributed by atoms with van der Waals surface area (Å²) < 4.78 is 0. The van der Waals surface area contributed by atoms with E-state index in [0.717, 1.165) is 0 Å². The molecule has 5 heteroatoms. The zero-order valence-corrected chi connectivity index (χ0v) is 8.42. The second kappa shape index (κ2) is 4.39. The smallest absolute Gasteiger partial charge is 0.255 e. The molecule has 0 saturated heterocycles. The van der Waals surface area contributed by atoms with Gasteiger partial charge < -0.3 is 11.1 Å². The molecule has 0 fully saturated rings. The third-order valence-electron chi connectivity index (χ3n) is 1.98. The molecule has 0 aliphatic heterocycles. The van der Waals surface area contributed by atoms with E-state index in [0.29, 0.717) is 17.1 Å². The highest BCUT2D eigenvalue weighted by Gasteiger charge is 2.05. The van der Waals surface area contributed by atoms with E-state index in [1.165, 1.54) is 12.3 Å². The highest BCUT2D eigenvalue weighted by atomic mass is 16.1. The molecule has 2 rings (SSSR count). The van der Waals surface area contributed by atoms with Crippen LogP contribution in [0.3, 0.4) is 0 Å². The van der Waals surface area contributed by atoms with Gasteiger partial charge in [0.15, 0.2) is 0 Å². The molecule has 80 valence electrons. The van der Waals surface area contributed by atoms with Crippen LogP contribution in [0.5, 0.6) is 0 Å². The van der Waals surface area contributed by atoms with Gasteiger partial charge in [0.25, 0.3) is 5.91 Å². The Kier molecular flexibility index (Phi) is 2.77. The number of aromatic nitrogens is 2. The minimum absolute atomic E-state index is 0.222. The number of rotatable bonds is 2. The fraction of sp³-hybridized carbons (Fsp3) is 0. The van der Waals surface area contributed by atoms with Crippen molar-refractivity contribution in [3.8, 4) is 0 Å². The Morgan fingerprint density at radius 1 is 1.19 bits per heavy atom. The lowest BCUT2D eigenvalue weighted by Crippen LogP contribution is -2.12. The third-order valence-corrected chi connectivity index (χ3v) is 1.98. The zero-order valence-electron chi connectivity index (χ0n) is 8.42. The van der Waals surface area contributed by atoms with Gasteiger partial charge in [0.1, 0.15) is 5.82 Å². The van der Waals surface area contributed by atoms with Crippen LogP contribution in [-0.2, 0) is 0 Å². The monoisotopic (exact) mass is 214 g/mol. The van der Waals surface area contributed by atoms with Gasteiger partial charge in [-0.25, -0.2) is 4.98 Å². The molecule has 0 unspecified atom stereocenters. The van der Waals surface area contributed by atoms with Crippen molar-refractivity contribution in [1.82, 2.24) is 9.97 Å². The van der Waals surface area contributed by atoms with Gasteiger partial charge in [0, 0.05) is 29.8 Å². The van der Waals surface area contributed by atoms with Gasteiger partial charge in [-0.3, -0.25) is 9.78 Å². The van der Waals surface area contributed by atoms with Crippen LogP contribution >= 0.6 is 0 Å². The molecule has 0 aliphatic rings. The molecule has 0 spiro atoms. The fourth-order valence-electron chi connectivity index (χ4n) is 1.23. The number of amides is 1. The number of anilines is 2. The lowest BCUT2D eigenvalue weighted by Gasteiger charge is -2.04. The summed E-state index contributed by atoms with van der Waals surface area (Å²) in [6.07, 6.45) is 4.71. The van der Waals surface area contributed by atoms with Gasteiger partial charge in [-0.15, -0.1) is 0 Å². The van der Waals surface area contributed by atoms with E-state index in [2.05, 4.69) is 15.3 Å². The summed E-state index contributed by atoms with van der Waals surface area (Å²) in [5.41, 5.74) is 6.66. The van der Waals surface area contributed by atoms with Crippen LogP contribution in [0.4, 0.5) is 11.5 Å². The largest absolute Gasteiger partial charge is 0.384 e. The summed E-state index contributed by atoms with van der Waals surface area (Å²) in [5.74, 6) is 0.0997. The molecule has 2 aromatic heterocycles. The van der Waals surface area contributed by atoms with Crippen molar-refractivity contribution in [2.45, 2.75) is 0 Å². The second-order valence-corrected chi connectivity index (χ2v) is 3.16. The molecule has 0 saturated carbocycles. The van der Waals surface area contributed by atoms with Crippen molar-refractivity contribution in [3.05, 3.63) is 48.4 Å². The number of hydrogen-bond acceptors (Lipinski definition) is 4. The fourth-order valence-corrected chi connectivity index (χ4v) is 1.23. The van der Waals surface area contributed by atoms with Crippen LogP contribution in [0.25, 0.3) is 0 Å². The van der Waals surface area contributed by atoms with Crippen LogP contribution in [0, 0.1) is 0 Å². The van der Waals surface area contributed by atoms with E-state index in [1.807, 2.05) is 0 Å². The molecule has 0 aliphatic carbocycles. The van der Waals surface area contributed by atoms with Crippen LogP contribution in [-0.4, -0.2) is 15.9 Å². The van der Waals surface area contributed by atoms with Gasteiger partial charge in [-0.05, 0) is 24.3 Å². The van der Waals surface area contributed by atoms with Gasteiger partial charge in [0.2, 0.25) is 0 Å². The maximum atomic E-state index is 11.8. The number of nitrogens with two attached hydrogens (primary N) is 1. The first-order valence-corrected chi connectivity index (χ1v) is 4.68. The van der Waals surface area contributed by atoms with Gasteiger partial charge in [-0.2, -0.15) is 0 Å². The summed E-state index contributed by atoms with van der Waals surface area (Å²) in [7, 11) is 0. The molecule has 1 amide bonds. The SMILES string of the molecule is Nc1cc(C(=O)Nc2ccncc2)ccn1. The Labute approximate surface area is 92.3 Å².